The fourth-order valence-corrected chi connectivity index (χ4v) is 5.45. The first-order valence-corrected chi connectivity index (χ1v) is 12.1. The number of hydrogen-bond acceptors (Lipinski definition) is 8. The Hall–Kier alpha value is -3.42. The molecule has 1 aromatic carbocycles. The van der Waals surface area contributed by atoms with Crippen LogP contribution in [-0.4, -0.2) is 48.5 Å². The number of carbonyl (C=O) groups is 1. The van der Waals surface area contributed by atoms with Crippen LogP contribution in [0.4, 0.5) is 0 Å². The van der Waals surface area contributed by atoms with Crippen molar-refractivity contribution in [3.8, 4) is 11.9 Å². The molecule has 10 heteroatoms. The van der Waals surface area contributed by atoms with E-state index in [1.54, 1.807) is 43.1 Å². The van der Waals surface area contributed by atoms with Gasteiger partial charge in [0.15, 0.2) is 0 Å². The van der Waals surface area contributed by atoms with Crippen molar-refractivity contribution in [3.05, 3.63) is 63.6 Å². The number of aryl methyl sites for hydroxylation is 1. The van der Waals surface area contributed by atoms with Crippen LogP contribution in [0.25, 0.3) is 10.9 Å². The smallest absolute Gasteiger partial charge is 0.263 e. The standard InChI is InChI=1S/C25H27N5O4S/c1-24(2,14-31)35-25(8-9-25)15-34-22-20-18(13-28-29-22)10-19(23(33)30(20)3)21(32)27-12-17-6-4-16(11-26)5-7-17/h4-7,10,13,31H,8-9,12,14-15H2,1-3H3,(H,27,32). The number of nitrogens with one attached hydrogen (secondary N) is 1. The summed E-state index contributed by atoms with van der Waals surface area (Å²) < 4.78 is 7.02. The minimum Gasteiger partial charge on any atom is -0.474 e. The molecular weight excluding hydrogens is 466 g/mol. The largest absolute Gasteiger partial charge is 0.474 e. The summed E-state index contributed by atoms with van der Waals surface area (Å²) in [5, 5.41) is 29.9. The molecule has 0 unspecified atom stereocenters. The molecule has 35 heavy (non-hydrogen) atoms. The topological polar surface area (TPSA) is 130 Å². The normalized spacial score (nSPS) is 14.4. The first-order valence-electron chi connectivity index (χ1n) is 11.2. The van der Waals surface area contributed by atoms with E-state index in [-0.39, 0.29) is 34.1 Å². The molecule has 4 rings (SSSR count). The van der Waals surface area contributed by atoms with Gasteiger partial charge in [-0.05, 0) is 50.5 Å². The van der Waals surface area contributed by atoms with Gasteiger partial charge < -0.3 is 19.7 Å². The number of aliphatic hydroxyl groups excluding tert-OH is 1. The van der Waals surface area contributed by atoms with Gasteiger partial charge in [-0.25, -0.2) is 0 Å². The number of benzene rings is 1. The second-order valence-corrected chi connectivity index (χ2v) is 11.5. The van der Waals surface area contributed by atoms with Gasteiger partial charge in [-0.1, -0.05) is 12.1 Å². The number of ether oxygens (including phenoxy) is 1. The number of nitriles is 1. The Balaban J connectivity index is 1.53. The van der Waals surface area contributed by atoms with E-state index >= 15 is 0 Å². The van der Waals surface area contributed by atoms with Gasteiger partial charge in [0.2, 0.25) is 0 Å². The Bertz CT molecular complexity index is 1360. The van der Waals surface area contributed by atoms with Crippen molar-refractivity contribution >= 4 is 28.6 Å². The van der Waals surface area contributed by atoms with Gasteiger partial charge in [-0.3, -0.25) is 9.59 Å². The van der Waals surface area contributed by atoms with Crippen molar-refractivity contribution in [2.75, 3.05) is 13.2 Å². The van der Waals surface area contributed by atoms with Gasteiger partial charge in [0, 0.05) is 23.7 Å². The number of pyridine rings is 1. The van der Waals surface area contributed by atoms with Crippen LogP contribution in [0.2, 0.25) is 0 Å². The molecule has 3 aromatic rings. The third-order valence-electron chi connectivity index (χ3n) is 5.93. The second-order valence-electron chi connectivity index (χ2n) is 9.36. The minimum atomic E-state index is -0.504. The van der Waals surface area contributed by atoms with Crippen LogP contribution in [0.1, 0.15) is 48.2 Å². The van der Waals surface area contributed by atoms with E-state index in [4.69, 9.17) is 10.00 Å². The van der Waals surface area contributed by atoms with Gasteiger partial charge in [-0.2, -0.15) is 10.4 Å². The Kier molecular flexibility index (Phi) is 6.83. The molecule has 1 fully saturated rings. The highest BCUT2D eigenvalue weighted by atomic mass is 32.2. The van der Waals surface area contributed by atoms with Crippen LogP contribution in [0.15, 0.2) is 41.3 Å². The quantitative estimate of drug-likeness (QED) is 0.465. The van der Waals surface area contributed by atoms with Gasteiger partial charge >= 0.3 is 0 Å². The molecule has 2 heterocycles. The maximum atomic E-state index is 13.0. The molecule has 0 atom stereocenters. The molecule has 0 saturated heterocycles. The average Bonchev–Trinajstić information content (AvgIpc) is 3.62. The van der Waals surface area contributed by atoms with E-state index in [1.165, 1.54) is 16.8 Å². The predicted molar refractivity (Wildman–Crippen MR) is 133 cm³/mol. The molecule has 0 bridgehead atoms. The average molecular weight is 494 g/mol. The number of fused-ring (bicyclic) bond motifs is 1. The van der Waals surface area contributed by atoms with Crippen molar-refractivity contribution in [1.82, 2.24) is 20.1 Å². The van der Waals surface area contributed by atoms with E-state index in [0.717, 1.165) is 18.4 Å². The van der Waals surface area contributed by atoms with Crippen molar-refractivity contribution < 1.29 is 14.6 Å². The number of carbonyl (C=O) groups excluding carboxylic acids is 1. The Morgan fingerprint density at radius 1 is 1.34 bits per heavy atom. The number of hydrogen-bond donors (Lipinski definition) is 2. The Labute approximate surface area is 207 Å². The molecule has 0 radical (unpaired) electrons. The summed E-state index contributed by atoms with van der Waals surface area (Å²) in [6.45, 7) is 4.66. The zero-order valence-electron chi connectivity index (χ0n) is 19.9. The second kappa shape index (κ2) is 9.68. The lowest BCUT2D eigenvalue weighted by atomic mass is 10.1. The molecule has 1 aliphatic carbocycles. The minimum absolute atomic E-state index is 0.00786. The highest BCUT2D eigenvalue weighted by Gasteiger charge is 2.48. The van der Waals surface area contributed by atoms with Gasteiger partial charge in [0.05, 0.1) is 29.2 Å². The van der Waals surface area contributed by atoms with Crippen molar-refractivity contribution in [3.63, 3.8) is 0 Å². The number of nitrogens with zero attached hydrogens (tertiary/aromatic N) is 4. The molecule has 2 N–H and O–H groups in total. The molecular formula is C25H27N5O4S. The third kappa shape index (κ3) is 5.47. The monoisotopic (exact) mass is 493 g/mol. The zero-order chi connectivity index (χ0) is 25.2. The molecule has 0 aliphatic heterocycles. The number of amides is 1. The van der Waals surface area contributed by atoms with Crippen molar-refractivity contribution in [1.29, 1.82) is 5.26 Å². The van der Waals surface area contributed by atoms with Crippen LogP contribution in [0.3, 0.4) is 0 Å². The zero-order valence-corrected chi connectivity index (χ0v) is 20.7. The van der Waals surface area contributed by atoms with Crippen molar-refractivity contribution in [2.24, 2.45) is 7.05 Å². The molecule has 1 saturated carbocycles. The first-order chi connectivity index (χ1) is 16.7. The van der Waals surface area contributed by atoms with Crippen LogP contribution < -0.4 is 15.6 Å². The lowest BCUT2D eigenvalue weighted by Crippen LogP contribution is -2.32. The fraction of sp³-hybridized carbons (Fsp3) is 0.400. The van der Waals surface area contributed by atoms with E-state index in [0.29, 0.717) is 23.1 Å². The summed E-state index contributed by atoms with van der Waals surface area (Å²) in [6, 6.07) is 10.4. The highest BCUT2D eigenvalue weighted by molar-refractivity contribution is 8.02. The third-order valence-corrected chi connectivity index (χ3v) is 7.57. The van der Waals surface area contributed by atoms with Gasteiger partial charge in [0.1, 0.15) is 17.7 Å². The molecule has 182 valence electrons. The molecule has 1 aliphatic rings. The summed E-state index contributed by atoms with van der Waals surface area (Å²) in [4.78, 5) is 25.8. The van der Waals surface area contributed by atoms with Gasteiger partial charge in [-0.15, -0.1) is 16.9 Å². The summed E-state index contributed by atoms with van der Waals surface area (Å²) in [5.41, 5.74) is 1.34. The van der Waals surface area contributed by atoms with E-state index in [1.807, 2.05) is 19.9 Å². The van der Waals surface area contributed by atoms with E-state index in [9.17, 15) is 14.7 Å². The SMILES string of the molecule is Cn1c(=O)c(C(=O)NCc2ccc(C#N)cc2)cc2cnnc(OCC3(SC(C)(C)CO)CC3)c21. The number of thioether (sulfide) groups is 1. The van der Waals surface area contributed by atoms with Crippen molar-refractivity contribution in [2.45, 2.75) is 42.7 Å². The Morgan fingerprint density at radius 3 is 2.69 bits per heavy atom. The maximum absolute atomic E-state index is 13.0. The molecule has 0 spiro atoms. The first kappa shape index (κ1) is 24.7. The lowest BCUT2D eigenvalue weighted by Gasteiger charge is -2.27. The number of aliphatic hydroxyl groups is 1. The van der Waals surface area contributed by atoms with E-state index < -0.39 is 11.5 Å². The predicted octanol–water partition coefficient (Wildman–Crippen LogP) is 2.55. The molecule has 9 nitrogen and oxygen atoms in total. The summed E-state index contributed by atoms with van der Waals surface area (Å²) in [6.07, 6.45) is 3.44. The lowest BCUT2D eigenvalue weighted by molar-refractivity contribution is 0.0949. The van der Waals surface area contributed by atoms with E-state index in [2.05, 4.69) is 15.5 Å². The highest BCUT2D eigenvalue weighted by Crippen LogP contribution is 2.53. The summed E-state index contributed by atoms with van der Waals surface area (Å²) in [7, 11) is 1.58. The molecule has 1 amide bonds. The number of aromatic nitrogens is 3. The van der Waals surface area contributed by atoms with Crippen LogP contribution in [-0.2, 0) is 13.6 Å². The summed E-state index contributed by atoms with van der Waals surface area (Å²) >= 11 is 1.70. The summed E-state index contributed by atoms with van der Waals surface area (Å²) in [5.74, 6) is -0.268. The Morgan fingerprint density at radius 2 is 2.06 bits per heavy atom. The van der Waals surface area contributed by atoms with Crippen LogP contribution in [0, 0.1) is 11.3 Å². The number of rotatable bonds is 9. The van der Waals surface area contributed by atoms with Crippen LogP contribution >= 0.6 is 11.8 Å². The van der Waals surface area contributed by atoms with Crippen LogP contribution in [0.5, 0.6) is 5.88 Å². The molecule has 2 aromatic heterocycles. The fourth-order valence-electron chi connectivity index (χ4n) is 3.79. The maximum Gasteiger partial charge on any atom is 0.263 e. The van der Waals surface area contributed by atoms with Gasteiger partial charge in [0.25, 0.3) is 17.3 Å².